The third-order valence-electron chi connectivity index (χ3n) is 9.93. The second-order valence-electron chi connectivity index (χ2n) is 12.8. The summed E-state index contributed by atoms with van der Waals surface area (Å²) in [6.07, 6.45) is 3.22. The van der Waals surface area contributed by atoms with Crippen LogP contribution in [0.2, 0.25) is 5.02 Å². The monoisotopic (exact) mass is 636 g/mol. The number of piperazine rings is 1. The molecule has 3 saturated heterocycles. The van der Waals surface area contributed by atoms with Crippen LogP contribution in [0.3, 0.4) is 0 Å². The average Bonchev–Trinajstić information content (AvgIpc) is 3.24. The Bertz CT molecular complexity index is 1370. The Hall–Kier alpha value is -3.34. The lowest BCUT2D eigenvalue weighted by Gasteiger charge is -2.41. The molecule has 4 heterocycles. The first kappa shape index (κ1) is 31.6. The van der Waals surface area contributed by atoms with Gasteiger partial charge in [0.1, 0.15) is 0 Å². The number of likely N-dealkylation sites (tertiary alicyclic amines) is 1. The van der Waals surface area contributed by atoms with E-state index in [1.807, 2.05) is 59.2 Å². The van der Waals surface area contributed by atoms with E-state index in [0.29, 0.717) is 56.6 Å². The zero-order chi connectivity index (χ0) is 31.3. The summed E-state index contributed by atoms with van der Waals surface area (Å²) in [7, 11) is 0. The van der Waals surface area contributed by atoms with Crippen LogP contribution in [0.1, 0.15) is 42.4 Å². The van der Waals surface area contributed by atoms with Gasteiger partial charge in [-0.2, -0.15) is 0 Å². The molecule has 6 rings (SSSR count). The smallest absolute Gasteiger partial charge is 0.410 e. The third-order valence-corrected chi connectivity index (χ3v) is 10.3. The first-order valence-corrected chi connectivity index (χ1v) is 16.8. The number of ether oxygens (including phenoxy) is 1. The van der Waals surface area contributed by atoms with Crippen LogP contribution in [0.4, 0.5) is 15.3 Å². The Balaban J connectivity index is 1.07. The molecule has 242 valence electrons. The first-order chi connectivity index (χ1) is 21.9. The summed E-state index contributed by atoms with van der Waals surface area (Å²) < 4.78 is 6.02. The van der Waals surface area contributed by atoms with Crippen molar-refractivity contribution < 1.29 is 19.1 Å². The average molecular weight is 637 g/mol. The van der Waals surface area contributed by atoms with E-state index in [1.54, 1.807) is 4.90 Å². The van der Waals surface area contributed by atoms with Crippen molar-refractivity contribution >= 4 is 35.3 Å². The number of carbonyl (C=O) groups is 3. The van der Waals surface area contributed by atoms with E-state index < -0.39 is 12.2 Å². The van der Waals surface area contributed by atoms with Gasteiger partial charge in [-0.15, -0.1) is 0 Å². The van der Waals surface area contributed by atoms with Crippen molar-refractivity contribution in [2.45, 2.75) is 63.6 Å². The number of halogens is 1. The van der Waals surface area contributed by atoms with E-state index >= 15 is 0 Å². The van der Waals surface area contributed by atoms with Gasteiger partial charge < -0.3 is 30.1 Å². The lowest BCUT2D eigenvalue weighted by Crippen LogP contribution is -2.56. The van der Waals surface area contributed by atoms with Crippen LogP contribution in [-0.4, -0.2) is 115 Å². The Morgan fingerprint density at radius 3 is 2.38 bits per heavy atom. The highest BCUT2D eigenvalue weighted by Crippen LogP contribution is 2.26. The number of hydrogen-bond acceptors (Lipinski definition) is 6. The van der Waals surface area contributed by atoms with Crippen molar-refractivity contribution in [3.63, 3.8) is 0 Å². The molecule has 2 aromatic rings. The number of benzene rings is 2. The summed E-state index contributed by atoms with van der Waals surface area (Å²) in [6, 6.07) is 14.1. The minimum absolute atomic E-state index is 0.0340. The summed E-state index contributed by atoms with van der Waals surface area (Å²) in [5.41, 5.74) is 3.81. The number of amides is 4. The van der Waals surface area contributed by atoms with Crippen LogP contribution in [0, 0.1) is 6.92 Å². The molecular formula is C34H45ClN6O4. The van der Waals surface area contributed by atoms with Crippen LogP contribution in [0.25, 0.3) is 0 Å². The molecule has 0 radical (unpaired) electrons. The zero-order valence-electron chi connectivity index (χ0n) is 26.2. The van der Waals surface area contributed by atoms with Crippen molar-refractivity contribution in [1.29, 1.82) is 0 Å². The molecule has 0 bridgehead atoms. The molecule has 10 nitrogen and oxygen atoms in total. The van der Waals surface area contributed by atoms with Gasteiger partial charge in [-0.05, 0) is 80.9 Å². The predicted molar refractivity (Wildman–Crippen MR) is 175 cm³/mol. The molecule has 4 aliphatic heterocycles. The van der Waals surface area contributed by atoms with Gasteiger partial charge in [0, 0.05) is 75.0 Å². The fourth-order valence-electron chi connectivity index (χ4n) is 7.13. The number of nitrogens with one attached hydrogen (secondary N) is 2. The maximum Gasteiger partial charge on any atom is 0.410 e. The predicted octanol–water partition coefficient (Wildman–Crippen LogP) is 4.15. The molecule has 11 heteroatoms. The maximum absolute atomic E-state index is 13.9. The van der Waals surface area contributed by atoms with Gasteiger partial charge in [-0.25, -0.2) is 9.59 Å². The molecule has 0 aliphatic carbocycles. The molecule has 0 aromatic heterocycles. The van der Waals surface area contributed by atoms with E-state index in [-0.39, 0.29) is 24.4 Å². The molecule has 3 fully saturated rings. The van der Waals surface area contributed by atoms with Gasteiger partial charge >= 0.3 is 12.1 Å². The molecule has 1 unspecified atom stereocenters. The summed E-state index contributed by atoms with van der Waals surface area (Å²) in [6.45, 7) is 8.49. The Labute approximate surface area is 271 Å². The standard InChI is InChI=1S/C34H45ClN6O4/c1-24-6-7-25(22-29(24)35)23-31(32(42)39-20-18-38(19-21-39)27-8-13-36-14-9-27)45-34(44)40-15-11-28(12-16-40)41-17-10-26-4-2-3-5-30(26)37-33(41)43/h2-7,22,27-28,31,36H,8-21,23H2,1H3,(H,37,43). The highest BCUT2D eigenvalue weighted by molar-refractivity contribution is 6.31. The minimum atomic E-state index is -0.936. The van der Waals surface area contributed by atoms with Crippen molar-refractivity contribution in [3.8, 4) is 0 Å². The second-order valence-corrected chi connectivity index (χ2v) is 13.2. The number of aryl methyl sites for hydroxylation is 1. The molecule has 1 atom stereocenters. The van der Waals surface area contributed by atoms with Crippen LogP contribution in [0.15, 0.2) is 42.5 Å². The molecule has 4 aliphatic rings. The first-order valence-electron chi connectivity index (χ1n) is 16.5. The number of nitrogens with zero attached hydrogens (tertiary/aromatic N) is 4. The minimum Gasteiger partial charge on any atom is -0.436 e. The highest BCUT2D eigenvalue weighted by Gasteiger charge is 2.36. The SMILES string of the molecule is Cc1ccc(CC(OC(=O)N2CCC(N3CCc4ccccc4NC3=O)CC2)C(=O)N2CCN(C3CCNCC3)CC2)cc1Cl. The number of rotatable bonds is 6. The molecule has 0 spiro atoms. The van der Waals surface area contributed by atoms with Gasteiger partial charge in [0.05, 0.1) is 0 Å². The number of anilines is 1. The van der Waals surface area contributed by atoms with Crippen molar-refractivity contribution in [1.82, 2.24) is 24.9 Å². The Morgan fingerprint density at radius 1 is 0.911 bits per heavy atom. The van der Waals surface area contributed by atoms with Gasteiger partial charge in [-0.3, -0.25) is 9.69 Å². The van der Waals surface area contributed by atoms with Crippen LogP contribution in [-0.2, 0) is 22.4 Å². The second kappa shape index (κ2) is 14.4. The van der Waals surface area contributed by atoms with E-state index in [4.69, 9.17) is 16.3 Å². The van der Waals surface area contributed by atoms with E-state index in [1.165, 1.54) is 0 Å². The summed E-state index contributed by atoms with van der Waals surface area (Å²) >= 11 is 6.41. The van der Waals surface area contributed by atoms with Gasteiger partial charge in [0.15, 0.2) is 6.10 Å². The Kier molecular flexibility index (Phi) is 10.1. The van der Waals surface area contributed by atoms with Crippen molar-refractivity contribution in [2.75, 3.05) is 64.2 Å². The van der Waals surface area contributed by atoms with Gasteiger partial charge in [0.25, 0.3) is 5.91 Å². The highest BCUT2D eigenvalue weighted by atomic mass is 35.5. The number of piperidine rings is 2. The third kappa shape index (κ3) is 7.56. The lowest BCUT2D eigenvalue weighted by molar-refractivity contribution is -0.143. The number of fused-ring (bicyclic) bond motifs is 1. The van der Waals surface area contributed by atoms with Gasteiger partial charge in [0.2, 0.25) is 0 Å². The summed E-state index contributed by atoms with van der Waals surface area (Å²) in [5.74, 6) is -0.152. The number of urea groups is 1. The topological polar surface area (TPSA) is 97.5 Å². The zero-order valence-corrected chi connectivity index (χ0v) is 26.9. The fraction of sp³-hybridized carbons (Fsp3) is 0.559. The van der Waals surface area contributed by atoms with Crippen LogP contribution >= 0.6 is 11.6 Å². The molecular weight excluding hydrogens is 592 g/mol. The normalized spacial score (nSPS) is 21.1. The maximum atomic E-state index is 13.9. The lowest BCUT2D eigenvalue weighted by atomic mass is 10.0. The fourth-order valence-corrected chi connectivity index (χ4v) is 7.34. The summed E-state index contributed by atoms with van der Waals surface area (Å²) in [5, 5.41) is 7.10. The van der Waals surface area contributed by atoms with E-state index in [0.717, 1.165) is 67.8 Å². The van der Waals surface area contributed by atoms with Crippen molar-refractivity contribution in [2.24, 2.45) is 0 Å². The van der Waals surface area contributed by atoms with Gasteiger partial charge in [-0.1, -0.05) is 41.9 Å². The quantitative estimate of drug-likeness (QED) is 0.495. The molecule has 2 N–H and O–H groups in total. The number of hydrogen-bond donors (Lipinski definition) is 2. The molecule has 2 aromatic carbocycles. The molecule has 0 saturated carbocycles. The van der Waals surface area contributed by atoms with Crippen LogP contribution in [0.5, 0.6) is 0 Å². The van der Waals surface area contributed by atoms with E-state index in [9.17, 15) is 14.4 Å². The largest absolute Gasteiger partial charge is 0.436 e. The van der Waals surface area contributed by atoms with Crippen LogP contribution < -0.4 is 10.6 Å². The summed E-state index contributed by atoms with van der Waals surface area (Å²) in [4.78, 5) is 48.4. The van der Waals surface area contributed by atoms with E-state index in [2.05, 4.69) is 15.5 Å². The van der Waals surface area contributed by atoms with Crippen molar-refractivity contribution in [3.05, 3.63) is 64.2 Å². The Morgan fingerprint density at radius 2 is 1.64 bits per heavy atom. The molecule has 4 amide bonds. The molecule has 45 heavy (non-hydrogen) atoms. The number of carbonyl (C=O) groups excluding carboxylic acids is 3. The number of para-hydroxylation sites is 1.